The molecule has 1 N–H and O–H groups in total. The SMILES string of the molecule is CC1OCCC1NC(=O)c1ccc(Br)c([N+](=O)[O-])c1. The molecule has 0 aliphatic carbocycles. The average molecular weight is 329 g/mol. The van der Waals surface area contributed by atoms with Crippen LogP contribution in [0.2, 0.25) is 0 Å². The molecule has 7 heteroatoms. The third-order valence-corrected chi connectivity index (χ3v) is 3.77. The second-order valence-electron chi connectivity index (χ2n) is 4.37. The molecule has 0 aromatic heterocycles. The lowest BCUT2D eigenvalue weighted by Crippen LogP contribution is -2.39. The van der Waals surface area contributed by atoms with E-state index in [-0.39, 0.29) is 29.3 Å². The number of nitrogens with one attached hydrogen (secondary N) is 1. The molecule has 1 aliphatic heterocycles. The number of nitro benzene ring substituents is 1. The van der Waals surface area contributed by atoms with Crippen LogP contribution < -0.4 is 5.32 Å². The molecule has 2 atom stereocenters. The summed E-state index contributed by atoms with van der Waals surface area (Å²) in [5.74, 6) is -0.321. The van der Waals surface area contributed by atoms with Gasteiger partial charge < -0.3 is 10.1 Å². The highest BCUT2D eigenvalue weighted by Crippen LogP contribution is 2.25. The van der Waals surface area contributed by atoms with E-state index in [2.05, 4.69) is 21.2 Å². The molecule has 2 unspecified atom stereocenters. The zero-order chi connectivity index (χ0) is 14.0. The third kappa shape index (κ3) is 3.10. The monoisotopic (exact) mass is 328 g/mol. The van der Waals surface area contributed by atoms with Crippen molar-refractivity contribution in [1.29, 1.82) is 0 Å². The molecule has 1 saturated heterocycles. The van der Waals surface area contributed by atoms with Crippen LogP contribution >= 0.6 is 15.9 Å². The van der Waals surface area contributed by atoms with E-state index in [1.54, 1.807) is 6.07 Å². The largest absolute Gasteiger partial charge is 0.376 e. The molecular weight excluding hydrogens is 316 g/mol. The van der Waals surface area contributed by atoms with Crippen molar-refractivity contribution in [1.82, 2.24) is 5.32 Å². The molecule has 1 fully saturated rings. The van der Waals surface area contributed by atoms with Crippen molar-refractivity contribution in [3.8, 4) is 0 Å². The van der Waals surface area contributed by atoms with Crippen molar-refractivity contribution in [3.05, 3.63) is 38.3 Å². The van der Waals surface area contributed by atoms with E-state index in [0.717, 1.165) is 6.42 Å². The van der Waals surface area contributed by atoms with Gasteiger partial charge in [0.25, 0.3) is 11.6 Å². The molecular formula is C12H13BrN2O4. The van der Waals surface area contributed by atoms with Gasteiger partial charge in [0.1, 0.15) is 0 Å². The quantitative estimate of drug-likeness (QED) is 0.681. The zero-order valence-electron chi connectivity index (χ0n) is 10.3. The van der Waals surface area contributed by atoms with Crippen molar-refractivity contribution < 1.29 is 14.5 Å². The summed E-state index contributed by atoms with van der Waals surface area (Å²) in [7, 11) is 0. The highest BCUT2D eigenvalue weighted by Gasteiger charge is 2.26. The molecule has 1 aromatic rings. The number of nitro groups is 1. The Morgan fingerprint density at radius 2 is 2.32 bits per heavy atom. The summed E-state index contributed by atoms with van der Waals surface area (Å²) >= 11 is 3.08. The molecule has 1 aliphatic rings. The molecule has 6 nitrogen and oxygen atoms in total. The normalized spacial score (nSPS) is 22.2. The lowest BCUT2D eigenvalue weighted by molar-refractivity contribution is -0.385. The molecule has 102 valence electrons. The average Bonchev–Trinajstić information content (AvgIpc) is 2.75. The number of hydrogen-bond donors (Lipinski definition) is 1. The Kier molecular flexibility index (Phi) is 4.16. The Labute approximate surface area is 118 Å². The van der Waals surface area contributed by atoms with E-state index in [1.165, 1.54) is 12.1 Å². The highest BCUT2D eigenvalue weighted by atomic mass is 79.9. The molecule has 1 heterocycles. The number of amides is 1. The fourth-order valence-corrected chi connectivity index (χ4v) is 2.36. The van der Waals surface area contributed by atoms with Gasteiger partial charge in [-0.1, -0.05) is 0 Å². The minimum Gasteiger partial charge on any atom is -0.376 e. The molecule has 2 rings (SSSR count). The molecule has 0 radical (unpaired) electrons. The summed E-state index contributed by atoms with van der Waals surface area (Å²) in [6.45, 7) is 2.51. The minimum atomic E-state index is -0.526. The molecule has 1 aromatic carbocycles. The van der Waals surface area contributed by atoms with Gasteiger partial charge >= 0.3 is 0 Å². The van der Waals surface area contributed by atoms with E-state index in [9.17, 15) is 14.9 Å². The van der Waals surface area contributed by atoms with Crippen LogP contribution in [-0.4, -0.2) is 29.6 Å². The molecule has 0 saturated carbocycles. The number of hydrogen-bond acceptors (Lipinski definition) is 4. The van der Waals surface area contributed by atoms with Gasteiger partial charge in [-0.3, -0.25) is 14.9 Å². The Balaban J connectivity index is 2.15. The van der Waals surface area contributed by atoms with Gasteiger partial charge in [-0.05, 0) is 41.4 Å². The molecule has 1 amide bonds. The number of ether oxygens (including phenoxy) is 1. The second-order valence-corrected chi connectivity index (χ2v) is 5.22. The van der Waals surface area contributed by atoms with Gasteiger partial charge in [-0.15, -0.1) is 0 Å². The second kappa shape index (κ2) is 5.66. The fourth-order valence-electron chi connectivity index (χ4n) is 1.97. The Morgan fingerprint density at radius 3 is 2.89 bits per heavy atom. The van der Waals surface area contributed by atoms with Gasteiger partial charge in [-0.2, -0.15) is 0 Å². The first-order valence-corrected chi connectivity index (χ1v) is 6.64. The number of nitrogens with zero attached hydrogens (tertiary/aromatic N) is 1. The van der Waals surface area contributed by atoms with Crippen LogP contribution in [0.25, 0.3) is 0 Å². The maximum absolute atomic E-state index is 12.0. The lowest BCUT2D eigenvalue weighted by Gasteiger charge is -2.15. The van der Waals surface area contributed by atoms with Gasteiger partial charge in [0.2, 0.25) is 0 Å². The predicted octanol–water partition coefficient (Wildman–Crippen LogP) is 2.26. The summed E-state index contributed by atoms with van der Waals surface area (Å²) in [5, 5.41) is 13.6. The van der Waals surface area contributed by atoms with Crippen LogP contribution in [0, 0.1) is 10.1 Å². The van der Waals surface area contributed by atoms with Gasteiger partial charge in [0.15, 0.2) is 0 Å². The number of carbonyl (C=O) groups is 1. The Hall–Kier alpha value is -1.47. The summed E-state index contributed by atoms with van der Waals surface area (Å²) in [4.78, 5) is 22.3. The molecule has 19 heavy (non-hydrogen) atoms. The molecule has 0 spiro atoms. The van der Waals surface area contributed by atoms with E-state index in [4.69, 9.17) is 4.74 Å². The van der Waals surface area contributed by atoms with Crippen LogP contribution in [0.5, 0.6) is 0 Å². The molecule has 0 bridgehead atoms. The number of carbonyl (C=O) groups excluding carboxylic acids is 1. The summed E-state index contributed by atoms with van der Waals surface area (Å²) < 4.78 is 5.71. The Morgan fingerprint density at radius 1 is 1.58 bits per heavy atom. The smallest absolute Gasteiger partial charge is 0.284 e. The maximum Gasteiger partial charge on any atom is 0.284 e. The van der Waals surface area contributed by atoms with Crippen LogP contribution in [0.3, 0.4) is 0 Å². The summed E-state index contributed by atoms with van der Waals surface area (Å²) in [6.07, 6.45) is 0.723. The van der Waals surface area contributed by atoms with Gasteiger partial charge in [0, 0.05) is 18.2 Å². The van der Waals surface area contributed by atoms with Crippen molar-refractivity contribution in [2.24, 2.45) is 0 Å². The number of benzene rings is 1. The van der Waals surface area contributed by atoms with E-state index in [1.807, 2.05) is 6.92 Å². The Bertz CT molecular complexity index is 520. The van der Waals surface area contributed by atoms with Crippen molar-refractivity contribution >= 4 is 27.5 Å². The van der Waals surface area contributed by atoms with Gasteiger partial charge in [-0.25, -0.2) is 0 Å². The van der Waals surface area contributed by atoms with Crippen LogP contribution in [0.15, 0.2) is 22.7 Å². The van der Waals surface area contributed by atoms with Crippen LogP contribution in [0.1, 0.15) is 23.7 Å². The van der Waals surface area contributed by atoms with Crippen LogP contribution in [-0.2, 0) is 4.74 Å². The predicted molar refractivity (Wildman–Crippen MR) is 72.1 cm³/mol. The number of halogens is 1. The third-order valence-electron chi connectivity index (χ3n) is 3.10. The lowest BCUT2D eigenvalue weighted by atomic mass is 10.1. The first-order chi connectivity index (χ1) is 8.99. The number of rotatable bonds is 3. The van der Waals surface area contributed by atoms with Crippen molar-refractivity contribution in [2.75, 3.05) is 6.61 Å². The first-order valence-electron chi connectivity index (χ1n) is 5.85. The topological polar surface area (TPSA) is 81.5 Å². The standard InChI is InChI=1S/C12H13BrN2O4/c1-7-10(4-5-19-7)14-12(16)8-2-3-9(13)11(6-8)15(17)18/h2-3,6-7,10H,4-5H2,1H3,(H,14,16). The summed E-state index contributed by atoms with van der Waals surface area (Å²) in [5.41, 5.74) is 0.150. The van der Waals surface area contributed by atoms with Gasteiger partial charge in [0.05, 0.1) is 21.5 Å². The van der Waals surface area contributed by atoms with Crippen molar-refractivity contribution in [3.63, 3.8) is 0 Å². The zero-order valence-corrected chi connectivity index (χ0v) is 11.8. The van der Waals surface area contributed by atoms with Crippen molar-refractivity contribution in [2.45, 2.75) is 25.5 Å². The summed E-state index contributed by atoms with van der Waals surface area (Å²) in [6, 6.07) is 4.27. The maximum atomic E-state index is 12.0. The highest BCUT2D eigenvalue weighted by molar-refractivity contribution is 9.10. The fraction of sp³-hybridized carbons (Fsp3) is 0.417. The van der Waals surface area contributed by atoms with Crippen LogP contribution in [0.4, 0.5) is 5.69 Å². The van der Waals surface area contributed by atoms with E-state index < -0.39 is 4.92 Å². The first kappa shape index (κ1) is 14.0. The minimum absolute atomic E-state index is 0.0330. The van der Waals surface area contributed by atoms with E-state index >= 15 is 0 Å². The van der Waals surface area contributed by atoms with E-state index in [0.29, 0.717) is 11.1 Å².